The van der Waals surface area contributed by atoms with E-state index in [1.54, 1.807) is 19.1 Å². The number of benzene rings is 2. The molecule has 0 bridgehead atoms. The van der Waals surface area contributed by atoms with Crippen molar-refractivity contribution in [3.8, 4) is 0 Å². The summed E-state index contributed by atoms with van der Waals surface area (Å²) in [4.78, 5) is 11.9. The lowest BCUT2D eigenvalue weighted by molar-refractivity contribution is 0.0600. The average molecular weight is 380 g/mol. The molecule has 0 aliphatic carbocycles. The van der Waals surface area contributed by atoms with Crippen molar-refractivity contribution in [1.82, 2.24) is 0 Å². The maximum atomic E-state index is 13.1. The minimum atomic E-state index is -3.85. The van der Waals surface area contributed by atoms with Gasteiger partial charge in [-0.1, -0.05) is 23.7 Å². The van der Waals surface area contributed by atoms with Crippen molar-refractivity contribution in [1.29, 1.82) is 0 Å². The third-order valence-corrected chi connectivity index (χ3v) is 5.64. The van der Waals surface area contributed by atoms with Crippen LogP contribution >= 0.6 is 11.6 Å². The summed E-state index contributed by atoms with van der Waals surface area (Å²) in [7, 11) is -2.58. The number of nitrogens with zero attached hydrogens (tertiary/aromatic N) is 1. The molecule has 0 amide bonds. The molecular formula is C18H18ClNO4S. The van der Waals surface area contributed by atoms with Crippen LogP contribution < -0.4 is 4.31 Å². The Bertz CT molecular complexity index is 892. The molecule has 0 atom stereocenters. The first kappa shape index (κ1) is 19.0. The number of hydrogen-bond donors (Lipinski definition) is 0. The fraction of sp³-hybridized carbons (Fsp3) is 0.167. The van der Waals surface area contributed by atoms with E-state index in [2.05, 4.69) is 6.58 Å². The van der Waals surface area contributed by atoms with Gasteiger partial charge < -0.3 is 4.74 Å². The zero-order chi connectivity index (χ0) is 18.6. The van der Waals surface area contributed by atoms with Crippen molar-refractivity contribution >= 4 is 33.3 Å². The van der Waals surface area contributed by atoms with Gasteiger partial charge in [0.2, 0.25) is 0 Å². The Morgan fingerprint density at radius 3 is 2.44 bits per heavy atom. The highest BCUT2D eigenvalue weighted by Gasteiger charge is 2.26. The Kier molecular flexibility index (Phi) is 5.87. The predicted octanol–water partition coefficient (Wildman–Crippen LogP) is 3.82. The van der Waals surface area contributed by atoms with E-state index in [1.807, 2.05) is 0 Å². The molecule has 0 unspecified atom stereocenters. The number of ether oxygens (including phenoxy) is 1. The number of methoxy groups -OCH3 is 1. The van der Waals surface area contributed by atoms with Crippen LogP contribution in [0.5, 0.6) is 0 Å². The standard InChI is InChI=1S/C18H18ClNO4S/c1-4-11-20(25(22,23)16-9-7-15(19)8-10-16)17-12-14(18(21)24-3)6-5-13(17)2/h4-10,12H,1,11H2,2-3H3. The summed E-state index contributed by atoms with van der Waals surface area (Å²) in [6, 6.07) is 10.7. The molecule has 25 heavy (non-hydrogen) atoms. The Morgan fingerprint density at radius 2 is 1.88 bits per heavy atom. The highest BCUT2D eigenvalue weighted by Crippen LogP contribution is 2.28. The van der Waals surface area contributed by atoms with E-state index in [0.717, 1.165) is 0 Å². The van der Waals surface area contributed by atoms with Crippen molar-refractivity contribution in [2.24, 2.45) is 0 Å². The zero-order valence-corrected chi connectivity index (χ0v) is 15.5. The molecule has 7 heteroatoms. The van der Waals surface area contributed by atoms with Gasteiger partial charge in [-0.05, 0) is 48.9 Å². The molecule has 0 heterocycles. The largest absolute Gasteiger partial charge is 0.465 e. The normalized spacial score (nSPS) is 11.0. The summed E-state index contributed by atoms with van der Waals surface area (Å²) >= 11 is 5.84. The molecule has 2 aromatic carbocycles. The maximum Gasteiger partial charge on any atom is 0.337 e. The molecule has 0 aliphatic heterocycles. The average Bonchev–Trinajstić information content (AvgIpc) is 2.60. The topological polar surface area (TPSA) is 63.7 Å². The van der Waals surface area contributed by atoms with E-state index in [1.165, 1.54) is 47.8 Å². The second-order valence-corrected chi connectivity index (χ2v) is 7.57. The molecule has 0 aliphatic rings. The highest BCUT2D eigenvalue weighted by atomic mass is 35.5. The van der Waals surface area contributed by atoms with Crippen LogP contribution in [0.3, 0.4) is 0 Å². The molecule has 0 aromatic heterocycles. The van der Waals surface area contributed by atoms with Crippen LogP contribution in [0.1, 0.15) is 15.9 Å². The zero-order valence-electron chi connectivity index (χ0n) is 13.9. The minimum absolute atomic E-state index is 0.0520. The van der Waals surface area contributed by atoms with Gasteiger partial charge in [0.05, 0.1) is 29.8 Å². The van der Waals surface area contributed by atoms with Crippen molar-refractivity contribution < 1.29 is 17.9 Å². The van der Waals surface area contributed by atoms with Gasteiger partial charge in [0.1, 0.15) is 0 Å². The van der Waals surface area contributed by atoms with Crippen LogP contribution in [0.15, 0.2) is 60.0 Å². The minimum Gasteiger partial charge on any atom is -0.465 e. The van der Waals surface area contributed by atoms with Crippen molar-refractivity contribution in [3.63, 3.8) is 0 Å². The van der Waals surface area contributed by atoms with Gasteiger partial charge in [-0.15, -0.1) is 6.58 Å². The monoisotopic (exact) mass is 379 g/mol. The van der Waals surface area contributed by atoms with E-state index in [4.69, 9.17) is 16.3 Å². The van der Waals surface area contributed by atoms with E-state index in [9.17, 15) is 13.2 Å². The van der Waals surface area contributed by atoms with Gasteiger partial charge in [-0.3, -0.25) is 4.31 Å². The number of hydrogen-bond acceptors (Lipinski definition) is 4. The van der Waals surface area contributed by atoms with Crippen molar-refractivity contribution in [2.75, 3.05) is 18.0 Å². The summed E-state index contributed by atoms with van der Waals surface area (Å²) in [5.74, 6) is -0.538. The number of sulfonamides is 1. The maximum absolute atomic E-state index is 13.1. The molecule has 0 spiro atoms. The van der Waals surface area contributed by atoms with E-state index in [0.29, 0.717) is 16.3 Å². The molecule has 2 rings (SSSR count). The summed E-state index contributed by atoms with van der Waals surface area (Å²) in [6.07, 6.45) is 1.48. The van der Waals surface area contributed by atoms with E-state index < -0.39 is 16.0 Å². The van der Waals surface area contributed by atoms with Gasteiger partial charge in [0, 0.05) is 5.02 Å². The van der Waals surface area contributed by atoms with Crippen LogP contribution in [-0.4, -0.2) is 28.0 Å². The molecule has 0 radical (unpaired) electrons. The summed E-state index contributed by atoms with van der Waals surface area (Å²) in [6.45, 7) is 5.45. The lowest BCUT2D eigenvalue weighted by Crippen LogP contribution is -2.32. The fourth-order valence-corrected chi connectivity index (χ4v) is 3.92. The van der Waals surface area contributed by atoms with Gasteiger partial charge >= 0.3 is 5.97 Å². The Balaban J connectivity index is 2.59. The SMILES string of the molecule is C=CCN(c1cc(C(=O)OC)ccc1C)S(=O)(=O)c1ccc(Cl)cc1. The number of halogens is 1. The number of esters is 1. The van der Waals surface area contributed by atoms with Crippen LogP contribution in [0.25, 0.3) is 0 Å². The first-order chi connectivity index (χ1) is 11.8. The molecular weight excluding hydrogens is 362 g/mol. The Labute approximate surface area is 152 Å². The van der Waals surface area contributed by atoms with Crippen LogP contribution in [0.2, 0.25) is 5.02 Å². The second kappa shape index (κ2) is 7.72. The summed E-state index contributed by atoms with van der Waals surface area (Å²) in [5.41, 5.74) is 1.35. The van der Waals surface area contributed by atoms with Crippen molar-refractivity contribution in [3.05, 3.63) is 71.3 Å². The smallest absolute Gasteiger partial charge is 0.337 e. The van der Waals surface area contributed by atoms with Crippen LogP contribution in [0, 0.1) is 6.92 Å². The number of carbonyl (C=O) groups is 1. The number of carbonyl (C=O) groups excluding carboxylic acids is 1. The quantitative estimate of drug-likeness (QED) is 0.565. The molecule has 132 valence electrons. The lowest BCUT2D eigenvalue weighted by atomic mass is 10.1. The molecule has 0 saturated heterocycles. The number of aryl methyl sites for hydroxylation is 1. The van der Waals surface area contributed by atoms with Gasteiger partial charge in [0.15, 0.2) is 0 Å². The number of anilines is 1. The molecule has 0 N–H and O–H groups in total. The summed E-state index contributed by atoms with van der Waals surface area (Å²) < 4.78 is 32.0. The van der Waals surface area contributed by atoms with Gasteiger partial charge in [0.25, 0.3) is 10.0 Å². The highest BCUT2D eigenvalue weighted by molar-refractivity contribution is 7.92. The molecule has 0 fully saturated rings. The Morgan fingerprint density at radius 1 is 1.24 bits per heavy atom. The van der Waals surface area contributed by atoms with Crippen LogP contribution in [-0.2, 0) is 14.8 Å². The number of rotatable bonds is 6. The third-order valence-electron chi connectivity index (χ3n) is 3.60. The lowest BCUT2D eigenvalue weighted by Gasteiger charge is -2.25. The van der Waals surface area contributed by atoms with Gasteiger partial charge in [-0.2, -0.15) is 0 Å². The molecule has 5 nitrogen and oxygen atoms in total. The first-order valence-electron chi connectivity index (χ1n) is 7.39. The van der Waals surface area contributed by atoms with Crippen LogP contribution in [0.4, 0.5) is 5.69 Å². The Hall–Kier alpha value is -2.31. The second-order valence-electron chi connectivity index (χ2n) is 5.27. The molecule has 0 saturated carbocycles. The first-order valence-corrected chi connectivity index (χ1v) is 9.21. The van der Waals surface area contributed by atoms with E-state index >= 15 is 0 Å². The van der Waals surface area contributed by atoms with E-state index in [-0.39, 0.29) is 17.0 Å². The predicted molar refractivity (Wildman–Crippen MR) is 98.7 cm³/mol. The van der Waals surface area contributed by atoms with Crippen molar-refractivity contribution in [2.45, 2.75) is 11.8 Å². The third kappa shape index (κ3) is 4.03. The fourth-order valence-electron chi connectivity index (χ4n) is 2.30. The van der Waals surface area contributed by atoms with Gasteiger partial charge in [-0.25, -0.2) is 13.2 Å². The summed E-state index contributed by atoms with van der Waals surface area (Å²) in [5, 5.41) is 0.443. The molecule has 2 aromatic rings.